The van der Waals surface area contributed by atoms with Gasteiger partial charge in [0.05, 0.1) is 14.7 Å². The predicted molar refractivity (Wildman–Crippen MR) is 136 cm³/mol. The Morgan fingerprint density at radius 3 is 2.49 bits per heavy atom. The Kier molecular flexibility index (Phi) is 7.54. The number of amides is 3. The molecule has 3 aromatic rings. The third-order valence-corrected chi connectivity index (χ3v) is 6.98. The van der Waals surface area contributed by atoms with Gasteiger partial charge in [-0.3, -0.25) is 29.4 Å². The van der Waals surface area contributed by atoms with Crippen LogP contribution in [0.15, 0.2) is 87.5 Å². The molecule has 8 nitrogen and oxygen atoms in total. The van der Waals surface area contributed by atoms with E-state index in [1.54, 1.807) is 66.7 Å². The number of nitro groups is 1. The minimum absolute atomic E-state index is 0.0786. The number of halogens is 1. The van der Waals surface area contributed by atoms with Crippen molar-refractivity contribution in [3.8, 4) is 0 Å². The summed E-state index contributed by atoms with van der Waals surface area (Å²) in [5, 5.41) is 14.3. The van der Waals surface area contributed by atoms with Gasteiger partial charge in [0.2, 0.25) is 5.91 Å². The molecule has 0 spiro atoms. The zero-order valence-corrected chi connectivity index (χ0v) is 20.2. The molecule has 35 heavy (non-hydrogen) atoms. The predicted octanol–water partition coefficient (Wildman–Crippen LogP) is 6.07. The first-order valence-electron chi connectivity index (χ1n) is 10.1. The smallest absolute Gasteiger partial charge is 0.294 e. The Labute approximate surface area is 213 Å². The van der Waals surface area contributed by atoms with Crippen LogP contribution in [-0.2, 0) is 9.59 Å². The maximum absolute atomic E-state index is 12.7. The van der Waals surface area contributed by atoms with Crippen molar-refractivity contribution in [2.24, 2.45) is 0 Å². The maximum Gasteiger partial charge on any atom is 0.294 e. The number of hydrogen-bond acceptors (Lipinski definition) is 7. The number of nitrogens with one attached hydrogen (secondary N) is 1. The summed E-state index contributed by atoms with van der Waals surface area (Å²) in [6.07, 6.45) is 1.41. The average molecular weight is 526 g/mol. The van der Waals surface area contributed by atoms with Crippen LogP contribution in [0.5, 0.6) is 0 Å². The topological polar surface area (TPSA) is 110 Å². The highest BCUT2D eigenvalue weighted by Crippen LogP contribution is 2.37. The van der Waals surface area contributed by atoms with E-state index >= 15 is 0 Å². The molecular weight excluding hydrogens is 510 g/mol. The van der Waals surface area contributed by atoms with Gasteiger partial charge in [0.1, 0.15) is 6.54 Å². The molecule has 1 heterocycles. The maximum atomic E-state index is 12.7. The third-order valence-electron chi connectivity index (χ3n) is 4.75. The lowest BCUT2D eigenvalue weighted by Gasteiger charge is -2.12. The standard InChI is InChI=1S/C24H16ClN3O5S2/c25-16-7-9-18(10-8-16)34-20-11-6-15(12-19(20)28(32)33)13-21-23(30)27(24(31)35-21)14-22(29)26-17-4-2-1-3-5-17/h1-13H,14H2,(H,26,29). The quantitative estimate of drug-likeness (QED) is 0.226. The first-order valence-corrected chi connectivity index (χ1v) is 12.1. The van der Waals surface area contributed by atoms with Crippen molar-refractivity contribution >= 4 is 69.6 Å². The molecule has 1 aliphatic rings. The third kappa shape index (κ3) is 6.10. The molecule has 0 unspecified atom stereocenters. The van der Waals surface area contributed by atoms with Gasteiger partial charge < -0.3 is 5.32 Å². The van der Waals surface area contributed by atoms with E-state index in [-0.39, 0.29) is 10.6 Å². The van der Waals surface area contributed by atoms with Crippen LogP contribution < -0.4 is 5.32 Å². The van der Waals surface area contributed by atoms with Gasteiger partial charge in [-0.1, -0.05) is 47.6 Å². The van der Waals surface area contributed by atoms with Gasteiger partial charge >= 0.3 is 0 Å². The van der Waals surface area contributed by atoms with Crippen molar-refractivity contribution in [3.05, 3.63) is 98.4 Å². The molecule has 3 aromatic carbocycles. The largest absolute Gasteiger partial charge is 0.325 e. The zero-order chi connectivity index (χ0) is 24.9. The fourth-order valence-electron chi connectivity index (χ4n) is 3.14. The molecular formula is C24H16ClN3O5S2. The molecule has 1 saturated heterocycles. The number of benzene rings is 3. The van der Waals surface area contributed by atoms with Crippen LogP contribution in [0.3, 0.4) is 0 Å². The summed E-state index contributed by atoms with van der Waals surface area (Å²) >= 11 is 7.78. The van der Waals surface area contributed by atoms with Crippen LogP contribution >= 0.6 is 35.1 Å². The first-order chi connectivity index (χ1) is 16.8. The lowest BCUT2D eigenvalue weighted by molar-refractivity contribution is -0.387. The summed E-state index contributed by atoms with van der Waals surface area (Å²) in [6.45, 7) is -0.437. The fourth-order valence-corrected chi connectivity index (χ4v) is 5.00. The van der Waals surface area contributed by atoms with Gasteiger partial charge in [0.15, 0.2) is 0 Å². The summed E-state index contributed by atoms with van der Waals surface area (Å²) in [6, 6.07) is 20.1. The summed E-state index contributed by atoms with van der Waals surface area (Å²) in [7, 11) is 0. The van der Waals surface area contributed by atoms with Crippen molar-refractivity contribution in [1.29, 1.82) is 0 Å². The second-order valence-electron chi connectivity index (χ2n) is 7.22. The Morgan fingerprint density at radius 1 is 1.09 bits per heavy atom. The molecule has 176 valence electrons. The van der Waals surface area contributed by atoms with Crippen LogP contribution in [0.4, 0.5) is 16.2 Å². The highest BCUT2D eigenvalue weighted by Gasteiger charge is 2.36. The van der Waals surface area contributed by atoms with E-state index in [0.717, 1.165) is 9.80 Å². The highest BCUT2D eigenvalue weighted by atomic mass is 35.5. The van der Waals surface area contributed by atoms with E-state index in [1.165, 1.54) is 23.9 Å². The van der Waals surface area contributed by atoms with E-state index in [1.807, 2.05) is 0 Å². The summed E-state index contributed by atoms with van der Waals surface area (Å²) in [5.74, 6) is -1.15. The molecule has 4 rings (SSSR count). The van der Waals surface area contributed by atoms with E-state index in [2.05, 4.69) is 5.32 Å². The van der Waals surface area contributed by atoms with Gasteiger partial charge in [-0.05, 0) is 65.9 Å². The number of hydrogen-bond donors (Lipinski definition) is 1. The number of carbonyl (C=O) groups excluding carboxylic acids is 3. The van der Waals surface area contributed by atoms with Gasteiger partial charge in [-0.2, -0.15) is 0 Å². The minimum atomic E-state index is -0.634. The second-order valence-corrected chi connectivity index (χ2v) is 9.77. The van der Waals surface area contributed by atoms with Crippen LogP contribution in [0.2, 0.25) is 5.02 Å². The molecule has 1 fully saturated rings. The fraction of sp³-hybridized carbons (Fsp3) is 0.0417. The van der Waals surface area contributed by atoms with Gasteiger partial charge in [-0.25, -0.2) is 0 Å². The van der Waals surface area contributed by atoms with Crippen molar-refractivity contribution in [3.63, 3.8) is 0 Å². The lowest BCUT2D eigenvalue weighted by Crippen LogP contribution is -2.36. The summed E-state index contributed by atoms with van der Waals surface area (Å²) < 4.78 is 0. The molecule has 1 N–H and O–H groups in total. The van der Waals surface area contributed by atoms with E-state index in [4.69, 9.17) is 11.6 Å². The van der Waals surface area contributed by atoms with Crippen molar-refractivity contribution in [2.75, 3.05) is 11.9 Å². The van der Waals surface area contributed by atoms with E-state index in [0.29, 0.717) is 32.9 Å². The molecule has 0 aromatic heterocycles. The molecule has 11 heteroatoms. The number of imide groups is 1. The normalized spacial score (nSPS) is 14.4. The van der Waals surface area contributed by atoms with E-state index < -0.39 is 28.5 Å². The Bertz CT molecular complexity index is 1350. The van der Waals surface area contributed by atoms with Crippen LogP contribution in [0.1, 0.15) is 5.56 Å². The SMILES string of the molecule is O=C(CN1C(=O)SC(=Cc2ccc(Sc3ccc(Cl)cc3)c([N+](=O)[O-])c2)C1=O)Nc1ccccc1. The summed E-state index contributed by atoms with van der Waals surface area (Å²) in [5.41, 5.74) is 0.792. The van der Waals surface area contributed by atoms with Crippen molar-refractivity contribution in [1.82, 2.24) is 4.90 Å². The lowest BCUT2D eigenvalue weighted by atomic mass is 10.2. The second kappa shape index (κ2) is 10.8. The molecule has 3 amide bonds. The number of nitro benzene ring substituents is 1. The Hall–Kier alpha value is -3.60. The first kappa shape index (κ1) is 24.5. The summed E-state index contributed by atoms with van der Waals surface area (Å²) in [4.78, 5) is 50.7. The Balaban J connectivity index is 1.50. The molecule has 0 bridgehead atoms. The van der Waals surface area contributed by atoms with Crippen LogP contribution in [-0.4, -0.2) is 33.4 Å². The van der Waals surface area contributed by atoms with Gasteiger partial charge in [0.25, 0.3) is 16.8 Å². The van der Waals surface area contributed by atoms with Crippen LogP contribution in [0.25, 0.3) is 6.08 Å². The molecule has 0 atom stereocenters. The van der Waals surface area contributed by atoms with Crippen molar-refractivity contribution < 1.29 is 19.3 Å². The number of carbonyl (C=O) groups is 3. The molecule has 0 aliphatic carbocycles. The number of thioether (sulfide) groups is 1. The average Bonchev–Trinajstić information content (AvgIpc) is 3.09. The van der Waals surface area contributed by atoms with Gasteiger partial charge in [0, 0.05) is 21.7 Å². The monoisotopic (exact) mass is 525 g/mol. The number of nitrogens with zero attached hydrogens (tertiary/aromatic N) is 2. The minimum Gasteiger partial charge on any atom is -0.325 e. The highest BCUT2D eigenvalue weighted by molar-refractivity contribution is 8.18. The molecule has 0 radical (unpaired) electrons. The number of anilines is 1. The Morgan fingerprint density at radius 2 is 1.80 bits per heavy atom. The van der Waals surface area contributed by atoms with E-state index in [9.17, 15) is 24.5 Å². The zero-order valence-electron chi connectivity index (χ0n) is 17.8. The van der Waals surface area contributed by atoms with Crippen molar-refractivity contribution in [2.45, 2.75) is 9.79 Å². The number of para-hydroxylation sites is 1. The number of rotatable bonds is 7. The van der Waals surface area contributed by atoms with Crippen LogP contribution in [0, 0.1) is 10.1 Å². The molecule has 0 saturated carbocycles. The molecule has 1 aliphatic heterocycles. The van der Waals surface area contributed by atoms with Gasteiger partial charge in [-0.15, -0.1) is 0 Å².